The summed E-state index contributed by atoms with van der Waals surface area (Å²) in [4.78, 5) is 15.1. The van der Waals surface area contributed by atoms with Crippen molar-refractivity contribution in [3.05, 3.63) is 23.9 Å². The summed E-state index contributed by atoms with van der Waals surface area (Å²) in [7, 11) is 1.63. The van der Waals surface area contributed by atoms with Crippen molar-refractivity contribution in [2.24, 2.45) is 0 Å². The third kappa shape index (κ3) is 3.05. The van der Waals surface area contributed by atoms with Crippen LogP contribution in [0, 0.1) is 6.92 Å². The van der Waals surface area contributed by atoms with Crippen LogP contribution in [-0.4, -0.2) is 24.5 Å². The quantitative estimate of drug-likeness (QED) is 0.748. The molecule has 0 bridgehead atoms. The number of pyridine rings is 1. The zero-order valence-electron chi connectivity index (χ0n) is 8.50. The Morgan fingerprint density at radius 3 is 3.00 bits per heavy atom. The molecule has 1 amide bonds. The summed E-state index contributed by atoms with van der Waals surface area (Å²) in [5, 5.41) is 5.67. The van der Waals surface area contributed by atoms with E-state index in [4.69, 9.17) is 0 Å². The lowest BCUT2D eigenvalue weighted by atomic mass is 10.3. The highest BCUT2D eigenvalue weighted by Crippen LogP contribution is 2.08. The molecule has 0 unspecified atom stereocenters. The van der Waals surface area contributed by atoms with Gasteiger partial charge < -0.3 is 10.6 Å². The van der Waals surface area contributed by atoms with Crippen LogP contribution < -0.4 is 10.6 Å². The zero-order chi connectivity index (χ0) is 10.4. The second-order valence-electron chi connectivity index (χ2n) is 3.02. The molecule has 0 aliphatic heterocycles. The molecule has 4 heteroatoms. The largest absolute Gasteiger partial charge is 0.369 e. The molecule has 0 aliphatic carbocycles. The maximum atomic E-state index is 10.9. The first-order chi connectivity index (χ1) is 6.74. The molecule has 1 aromatic rings. The standard InChI is InChI=1S/C10H15N3O/c1-8-4-3-6-12-10(8)13-7-5-9(14)11-2/h3-4,6H,5,7H2,1-2H3,(H,11,14)(H,12,13). The molecule has 0 radical (unpaired) electrons. The van der Waals surface area contributed by atoms with Crippen LogP contribution in [0.25, 0.3) is 0 Å². The Balaban J connectivity index is 2.39. The maximum absolute atomic E-state index is 10.9. The van der Waals surface area contributed by atoms with Crippen molar-refractivity contribution >= 4 is 11.7 Å². The van der Waals surface area contributed by atoms with Gasteiger partial charge in [-0.15, -0.1) is 0 Å². The number of amides is 1. The fourth-order valence-electron chi connectivity index (χ4n) is 1.09. The van der Waals surface area contributed by atoms with E-state index in [1.54, 1.807) is 13.2 Å². The van der Waals surface area contributed by atoms with Gasteiger partial charge in [-0.05, 0) is 18.6 Å². The highest BCUT2D eigenvalue weighted by Gasteiger charge is 1.99. The van der Waals surface area contributed by atoms with Gasteiger partial charge in [0.2, 0.25) is 5.91 Å². The lowest BCUT2D eigenvalue weighted by Gasteiger charge is -2.06. The lowest BCUT2D eigenvalue weighted by Crippen LogP contribution is -2.21. The number of hydrogen-bond acceptors (Lipinski definition) is 3. The molecule has 76 valence electrons. The number of nitrogens with zero attached hydrogens (tertiary/aromatic N) is 1. The van der Waals surface area contributed by atoms with Crippen LogP contribution in [0.15, 0.2) is 18.3 Å². The minimum absolute atomic E-state index is 0.0334. The molecule has 1 rings (SSSR count). The first-order valence-electron chi connectivity index (χ1n) is 4.60. The van der Waals surface area contributed by atoms with E-state index >= 15 is 0 Å². The predicted molar refractivity (Wildman–Crippen MR) is 56.1 cm³/mol. The second kappa shape index (κ2) is 5.21. The number of aromatic nitrogens is 1. The van der Waals surface area contributed by atoms with Gasteiger partial charge in [0.1, 0.15) is 5.82 Å². The van der Waals surface area contributed by atoms with Crippen molar-refractivity contribution < 1.29 is 4.79 Å². The molecular formula is C10H15N3O. The van der Waals surface area contributed by atoms with E-state index in [1.807, 2.05) is 19.1 Å². The maximum Gasteiger partial charge on any atom is 0.221 e. The first-order valence-corrected chi connectivity index (χ1v) is 4.60. The molecule has 0 saturated heterocycles. The molecule has 1 heterocycles. The summed E-state index contributed by atoms with van der Waals surface area (Å²) in [5.74, 6) is 0.877. The van der Waals surface area contributed by atoms with Crippen LogP contribution >= 0.6 is 0 Å². The zero-order valence-corrected chi connectivity index (χ0v) is 8.50. The van der Waals surface area contributed by atoms with E-state index < -0.39 is 0 Å². The Bertz CT molecular complexity index is 312. The average Bonchev–Trinajstić information content (AvgIpc) is 2.20. The highest BCUT2D eigenvalue weighted by molar-refractivity contribution is 5.76. The van der Waals surface area contributed by atoms with Crippen LogP contribution in [0.5, 0.6) is 0 Å². The minimum atomic E-state index is 0.0334. The number of carbonyl (C=O) groups excluding carboxylic acids is 1. The van der Waals surface area contributed by atoms with Crippen LogP contribution in [0.4, 0.5) is 5.82 Å². The number of aryl methyl sites for hydroxylation is 1. The molecule has 1 aromatic heterocycles. The first kappa shape index (κ1) is 10.5. The average molecular weight is 193 g/mol. The molecule has 0 atom stereocenters. The van der Waals surface area contributed by atoms with Gasteiger partial charge in [-0.2, -0.15) is 0 Å². The van der Waals surface area contributed by atoms with E-state index in [0.29, 0.717) is 13.0 Å². The van der Waals surface area contributed by atoms with Gasteiger partial charge in [0.25, 0.3) is 0 Å². The minimum Gasteiger partial charge on any atom is -0.369 e. The van der Waals surface area contributed by atoms with Gasteiger partial charge in [0.05, 0.1) is 0 Å². The normalized spacial score (nSPS) is 9.57. The Kier molecular flexibility index (Phi) is 3.91. The summed E-state index contributed by atoms with van der Waals surface area (Å²) in [5.41, 5.74) is 1.09. The van der Waals surface area contributed by atoms with Gasteiger partial charge in [-0.25, -0.2) is 4.98 Å². The van der Waals surface area contributed by atoms with E-state index in [0.717, 1.165) is 11.4 Å². The summed E-state index contributed by atoms with van der Waals surface area (Å²) >= 11 is 0. The summed E-state index contributed by atoms with van der Waals surface area (Å²) < 4.78 is 0. The van der Waals surface area contributed by atoms with Gasteiger partial charge >= 0.3 is 0 Å². The van der Waals surface area contributed by atoms with Crippen LogP contribution in [0.3, 0.4) is 0 Å². The highest BCUT2D eigenvalue weighted by atomic mass is 16.1. The van der Waals surface area contributed by atoms with Crippen molar-refractivity contribution in [1.82, 2.24) is 10.3 Å². The molecule has 0 aliphatic rings. The smallest absolute Gasteiger partial charge is 0.221 e. The number of nitrogens with one attached hydrogen (secondary N) is 2. The van der Waals surface area contributed by atoms with Crippen LogP contribution in [0.2, 0.25) is 0 Å². The van der Waals surface area contributed by atoms with Crippen molar-refractivity contribution in [1.29, 1.82) is 0 Å². The fraction of sp³-hybridized carbons (Fsp3) is 0.400. The fourth-order valence-corrected chi connectivity index (χ4v) is 1.09. The molecular weight excluding hydrogens is 178 g/mol. The van der Waals surface area contributed by atoms with Crippen molar-refractivity contribution in [2.45, 2.75) is 13.3 Å². The number of anilines is 1. The second-order valence-corrected chi connectivity index (χ2v) is 3.02. The summed E-state index contributed by atoms with van der Waals surface area (Å²) in [6.45, 7) is 2.59. The van der Waals surface area contributed by atoms with E-state index in [-0.39, 0.29) is 5.91 Å². The number of rotatable bonds is 4. The Hall–Kier alpha value is -1.58. The molecule has 0 saturated carbocycles. The summed E-state index contributed by atoms with van der Waals surface area (Å²) in [6.07, 6.45) is 2.20. The molecule has 0 aromatic carbocycles. The van der Waals surface area contributed by atoms with Crippen LogP contribution in [-0.2, 0) is 4.79 Å². The lowest BCUT2D eigenvalue weighted by molar-refractivity contribution is -0.120. The Morgan fingerprint density at radius 1 is 1.57 bits per heavy atom. The molecule has 14 heavy (non-hydrogen) atoms. The number of carbonyl (C=O) groups is 1. The van der Waals surface area contributed by atoms with E-state index in [2.05, 4.69) is 15.6 Å². The Morgan fingerprint density at radius 2 is 2.36 bits per heavy atom. The molecule has 0 fully saturated rings. The van der Waals surface area contributed by atoms with Gasteiger partial charge in [0.15, 0.2) is 0 Å². The molecule has 2 N–H and O–H groups in total. The van der Waals surface area contributed by atoms with Crippen molar-refractivity contribution in [3.63, 3.8) is 0 Å². The topological polar surface area (TPSA) is 54.0 Å². The third-order valence-electron chi connectivity index (χ3n) is 1.93. The third-order valence-corrected chi connectivity index (χ3v) is 1.93. The predicted octanol–water partition coefficient (Wildman–Crippen LogP) is 0.938. The summed E-state index contributed by atoms with van der Waals surface area (Å²) in [6, 6.07) is 3.87. The number of hydrogen-bond donors (Lipinski definition) is 2. The Labute approximate surface area is 83.7 Å². The van der Waals surface area contributed by atoms with E-state index in [9.17, 15) is 4.79 Å². The SMILES string of the molecule is CNC(=O)CCNc1ncccc1C. The van der Waals surface area contributed by atoms with E-state index in [1.165, 1.54) is 0 Å². The molecule has 4 nitrogen and oxygen atoms in total. The van der Waals surface area contributed by atoms with Crippen molar-refractivity contribution in [3.8, 4) is 0 Å². The van der Waals surface area contributed by atoms with Gasteiger partial charge in [0, 0.05) is 26.2 Å². The van der Waals surface area contributed by atoms with Crippen LogP contribution in [0.1, 0.15) is 12.0 Å². The van der Waals surface area contributed by atoms with Crippen molar-refractivity contribution in [2.75, 3.05) is 18.9 Å². The molecule has 0 spiro atoms. The van der Waals surface area contributed by atoms with Gasteiger partial charge in [-0.1, -0.05) is 6.07 Å². The monoisotopic (exact) mass is 193 g/mol. The van der Waals surface area contributed by atoms with Gasteiger partial charge in [-0.3, -0.25) is 4.79 Å².